The summed E-state index contributed by atoms with van der Waals surface area (Å²) in [6, 6.07) is 11.2. The molecule has 2 heterocycles. The molecule has 3 rings (SSSR count). The SMILES string of the molecule is CCNC(=NCC1(OC)CCOCC1)NC1CCN(Cc2ccccc2)CC1. The summed E-state index contributed by atoms with van der Waals surface area (Å²) in [5.74, 6) is 0.909. The predicted molar refractivity (Wildman–Crippen MR) is 114 cm³/mol. The minimum absolute atomic E-state index is 0.181. The summed E-state index contributed by atoms with van der Waals surface area (Å²) >= 11 is 0. The van der Waals surface area contributed by atoms with Crippen LogP contribution in [0.1, 0.15) is 38.2 Å². The van der Waals surface area contributed by atoms with E-state index in [1.54, 1.807) is 7.11 Å². The van der Waals surface area contributed by atoms with Crippen LogP contribution in [0.5, 0.6) is 0 Å². The molecule has 2 aliphatic heterocycles. The molecule has 1 aromatic carbocycles. The molecule has 6 nitrogen and oxygen atoms in total. The highest BCUT2D eigenvalue weighted by Gasteiger charge is 2.32. The molecular formula is C22H36N4O2. The zero-order chi connectivity index (χ0) is 19.7. The van der Waals surface area contributed by atoms with Gasteiger partial charge in [-0.25, -0.2) is 0 Å². The van der Waals surface area contributed by atoms with Gasteiger partial charge in [0.25, 0.3) is 0 Å². The summed E-state index contributed by atoms with van der Waals surface area (Å²) in [7, 11) is 1.80. The van der Waals surface area contributed by atoms with E-state index in [1.165, 1.54) is 5.56 Å². The molecule has 0 aromatic heterocycles. The first-order valence-electron chi connectivity index (χ1n) is 10.7. The molecule has 0 unspecified atom stereocenters. The number of nitrogens with one attached hydrogen (secondary N) is 2. The van der Waals surface area contributed by atoms with Crippen LogP contribution in [-0.2, 0) is 16.0 Å². The molecule has 0 radical (unpaired) electrons. The zero-order valence-corrected chi connectivity index (χ0v) is 17.5. The van der Waals surface area contributed by atoms with Crippen molar-refractivity contribution in [2.75, 3.05) is 46.5 Å². The molecule has 0 bridgehead atoms. The van der Waals surface area contributed by atoms with E-state index >= 15 is 0 Å². The van der Waals surface area contributed by atoms with Gasteiger partial charge in [0.2, 0.25) is 0 Å². The van der Waals surface area contributed by atoms with Crippen molar-refractivity contribution in [3.8, 4) is 0 Å². The highest BCUT2D eigenvalue weighted by molar-refractivity contribution is 5.80. The average molecular weight is 389 g/mol. The Bertz CT molecular complexity index is 594. The van der Waals surface area contributed by atoms with E-state index in [9.17, 15) is 0 Å². The maximum Gasteiger partial charge on any atom is 0.191 e. The summed E-state index contributed by atoms with van der Waals surface area (Å²) in [5, 5.41) is 7.05. The zero-order valence-electron chi connectivity index (χ0n) is 17.5. The van der Waals surface area contributed by atoms with Gasteiger partial charge < -0.3 is 20.1 Å². The Morgan fingerprint density at radius 3 is 2.57 bits per heavy atom. The van der Waals surface area contributed by atoms with Gasteiger partial charge in [-0.2, -0.15) is 0 Å². The minimum atomic E-state index is -0.181. The summed E-state index contributed by atoms with van der Waals surface area (Å²) in [6.45, 7) is 8.44. The van der Waals surface area contributed by atoms with Crippen molar-refractivity contribution >= 4 is 5.96 Å². The van der Waals surface area contributed by atoms with E-state index in [1.807, 2.05) is 0 Å². The quantitative estimate of drug-likeness (QED) is 0.555. The van der Waals surface area contributed by atoms with Crippen LogP contribution in [-0.4, -0.2) is 69.0 Å². The van der Waals surface area contributed by atoms with E-state index in [2.05, 4.69) is 52.8 Å². The number of rotatable bonds is 7. The predicted octanol–water partition coefficient (Wildman–Crippen LogP) is 2.40. The average Bonchev–Trinajstić information content (AvgIpc) is 2.75. The fraction of sp³-hybridized carbons (Fsp3) is 0.682. The third kappa shape index (κ3) is 6.19. The summed E-state index contributed by atoms with van der Waals surface area (Å²) in [6.07, 6.45) is 4.09. The van der Waals surface area contributed by atoms with Crippen LogP contribution >= 0.6 is 0 Å². The Morgan fingerprint density at radius 1 is 1.21 bits per heavy atom. The van der Waals surface area contributed by atoms with Gasteiger partial charge in [0.15, 0.2) is 5.96 Å². The van der Waals surface area contributed by atoms with Crippen molar-refractivity contribution in [1.82, 2.24) is 15.5 Å². The van der Waals surface area contributed by atoms with Crippen LogP contribution in [0.4, 0.5) is 0 Å². The maximum atomic E-state index is 5.82. The summed E-state index contributed by atoms with van der Waals surface area (Å²) in [5.41, 5.74) is 1.21. The lowest BCUT2D eigenvalue weighted by Crippen LogP contribution is -2.49. The lowest BCUT2D eigenvalue weighted by Gasteiger charge is -2.35. The van der Waals surface area contributed by atoms with Gasteiger partial charge in [-0.1, -0.05) is 30.3 Å². The molecule has 2 fully saturated rings. The van der Waals surface area contributed by atoms with E-state index in [4.69, 9.17) is 14.5 Å². The van der Waals surface area contributed by atoms with Gasteiger partial charge in [0, 0.05) is 65.4 Å². The Morgan fingerprint density at radius 2 is 1.93 bits per heavy atom. The van der Waals surface area contributed by atoms with Gasteiger partial charge >= 0.3 is 0 Å². The smallest absolute Gasteiger partial charge is 0.191 e. The first kappa shape index (κ1) is 21.1. The molecule has 2 aliphatic rings. The largest absolute Gasteiger partial charge is 0.381 e. The molecule has 0 amide bonds. The molecule has 0 atom stereocenters. The van der Waals surface area contributed by atoms with Crippen LogP contribution in [0.15, 0.2) is 35.3 Å². The molecule has 156 valence electrons. The second-order valence-electron chi connectivity index (χ2n) is 7.88. The number of ether oxygens (including phenoxy) is 2. The number of benzene rings is 1. The number of hydrogen-bond acceptors (Lipinski definition) is 4. The van der Waals surface area contributed by atoms with E-state index in [-0.39, 0.29) is 5.60 Å². The number of methoxy groups -OCH3 is 1. The molecule has 0 spiro atoms. The van der Waals surface area contributed by atoms with Crippen molar-refractivity contribution in [2.45, 2.75) is 50.8 Å². The number of piperidine rings is 1. The Balaban J connectivity index is 1.49. The topological polar surface area (TPSA) is 58.1 Å². The third-order valence-electron chi connectivity index (χ3n) is 5.88. The number of guanidine groups is 1. The lowest BCUT2D eigenvalue weighted by atomic mass is 9.94. The Labute approximate surface area is 169 Å². The van der Waals surface area contributed by atoms with Crippen LogP contribution < -0.4 is 10.6 Å². The van der Waals surface area contributed by atoms with Crippen LogP contribution in [0.25, 0.3) is 0 Å². The van der Waals surface area contributed by atoms with Crippen molar-refractivity contribution < 1.29 is 9.47 Å². The summed E-state index contributed by atoms with van der Waals surface area (Å²) in [4.78, 5) is 7.40. The lowest BCUT2D eigenvalue weighted by molar-refractivity contribution is -0.0828. The van der Waals surface area contributed by atoms with E-state index in [0.717, 1.165) is 71.0 Å². The number of hydrogen-bond donors (Lipinski definition) is 2. The van der Waals surface area contributed by atoms with Crippen molar-refractivity contribution in [1.29, 1.82) is 0 Å². The third-order valence-corrected chi connectivity index (χ3v) is 5.88. The van der Waals surface area contributed by atoms with Crippen molar-refractivity contribution in [3.05, 3.63) is 35.9 Å². The first-order chi connectivity index (χ1) is 13.7. The first-order valence-corrected chi connectivity index (χ1v) is 10.7. The second-order valence-corrected chi connectivity index (χ2v) is 7.88. The van der Waals surface area contributed by atoms with Crippen LogP contribution in [0.2, 0.25) is 0 Å². The number of nitrogens with zero attached hydrogens (tertiary/aromatic N) is 2. The number of likely N-dealkylation sites (tertiary alicyclic amines) is 1. The standard InChI is InChI=1S/C22H36N4O2/c1-3-23-21(24-18-22(27-2)11-15-28-16-12-22)25-20-9-13-26(14-10-20)17-19-7-5-4-6-8-19/h4-8,20H,3,9-18H2,1-2H3,(H2,23,24,25). The fourth-order valence-electron chi connectivity index (χ4n) is 3.98. The van der Waals surface area contributed by atoms with Crippen LogP contribution in [0, 0.1) is 0 Å². The van der Waals surface area contributed by atoms with Crippen molar-refractivity contribution in [2.24, 2.45) is 4.99 Å². The number of aliphatic imine (C=N–C) groups is 1. The molecular weight excluding hydrogens is 352 g/mol. The fourth-order valence-corrected chi connectivity index (χ4v) is 3.98. The van der Waals surface area contributed by atoms with Crippen molar-refractivity contribution in [3.63, 3.8) is 0 Å². The van der Waals surface area contributed by atoms with Crippen LogP contribution in [0.3, 0.4) is 0 Å². The van der Waals surface area contributed by atoms with Gasteiger partial charge in [0.1, 0.15) is 0 Å². The summed E-state index contributed by atoms with van der Waals surface area (Å²) < 4.78 is 11.3. The molecule has 0 aliphatic carbocycles. The van der Waals surface area contributed by atoms with Gasteiger partial charge in [-0.3, -0.25) is 9.89 Å². The van der Waals surface area contributed by atoms with Gasteiger partial charge in [-0.15, -0.1) is 0 Å². The molecule has 1 aromatic rings. The molecule has 28 heavy (non-hydrogen) atoms. The molecule has 0 saturated carbocycles. The maximum absolute atomic E-state index is 5.82. The highest BCUT2D eigenvalue weighted by Crippen LogP contribution is 2.24. The van der Waals surface area contributed by atoms with Gasteiger partial charge in [-0.05, 0) is 25.3 Å². The molecule has 2 N–H and O–H groups in total. The van der Waals surface area contributed by atoms with E-state index < -0.39 is 0 Å². The normalized spacial score (nSPS) is 21.4. The highest BCUT2D eigenvalue weighted by atomic mass is 16.5. The Kier molecular flexibility index (Phi) is 8.13. The van der Waals surface area contributed by atoms with E-state index in [0.29, 0.717) is 12.6 Å². The monoisotopic (exact) mass is 388 g/mol. The second kappa shape index (κ2) is 10.8. The molecule has 6 heteroatoms. The molecule has 2 saturated heterocycles. The Hall–Kier alpha value is -1.63. The minimum Gasteiger partial charge on any atom is -0.381 e. The van der Waals surface area contributed by atoms with Gasteiger partial charge in [0.05, 0.1) is 12.1 Å².